The third-order valence-electron chi connectivity index (χ3n) is 8.13. The van der Waals surface area contributed by atoms with Gasteiger partial charge >= 0.3 is 11.9 Å². The van der Waals surface area contributed by atoms with Crippen LogP contribution in [0.15, 0.2) is 47.2 Å². The molecule has 2 N–H and O–H groups in total. The number of piperidine rings is 1. The lowest BCUT2D eigenvalue weighted by molar-refractivity contribution is -0.194. The van der Waals surface area contributed by atoms with Crippen LogP contribution in [0.1, 0.15) is 60.3 Å². The Morgan fingerprint density at radius 1 is 1.25 bits per heavy atom. The van der Waals surface area contributed by atoms with Crippen molar-refractivity contribution in [2.24, 2.45) is 5.41 Å². The first kappa shape index (κ1) is 24.9. The van der Waals surface area contributed by atoms with Gasteiger partial charge in [0.25, 0.3) is 0 Å². The maximum Gasteiger partial charge on any atom is 0.359 e. The minimum absolute atomic E-state index is 0.0826. The molecule has 0 unspecified atom stereocenters. The Bertz CT molecular complexity index is 1340. The van der Waals surface area contributed by atoms with E-state index >= 15 is 0 Å². The van der Waals surface area contributed by atoms with E-state index in [2.05, 4.69) is 38.8 Å². The van der Waals surface area contributed by atoms with Crippen LogP contribution in [0.3, 0.4) is 0 Å². The quantitative estimate of drug-likeness (QED) is 0.458. The van der Waals surface area contributed by atoms with E-state index in [9.17, 15) is 14.7 Å². The molecule has 0 bridgehead atoms. The maximum atomic E-state index is 12.8. The second-order valence-electron chi connectivity index (χ2n) is 9.91. The van der Waals surface area contributed by atoms with Crippen LogP contribution >= 0.6 is 15.9 Å². The predicted molar refractivity (Wildman–Crippen MR) is 138 cm³/mol. The molecule has 9 heteroatoms. The van der Waals surface area contributed by atoms with E-state index in [0.29, 0.717) is 10.9 Å². The molecule has 3 aliphatic heterocycles. The summed E-state index contributed by atoms with van der Waals surface area (Å²) in [5.74, 6) is -1.51. The second kappa shape index (κ2) is 9.28. The van der Waals surface area contributed by atoms with Crippen molar-refractivity contribution in [1.82, 2.24) is 14.5 Å². The van der Waals surface area contributed by atoms with Crippen LogP contribution in [0.5, 0.6) is 0 Å². The Balaban J connectivity index is 0.000000226. The summed E-state index contributed by atoms with van der Waals surface area (Å²) in [4.78, 5) is 29.4. The number of aliphatic hydroxyl groups is 1. The standard InChI is InChI=1S/C21H26N2O3.C6H4BrNO2/c1-3-20-10-6-11-22-12-9-15-14-7-4-5-8-16(14)23(17(15)18(20)22)21(25,13-20)19(24)26-2;7-5-1-4(6(9)10)2-8-3-5/h4-5,7-8,18,25H,3,6,9-13H2,1-2H3;1-3H,(H,9,10)/t18-,20+,21+;/m1./s1. The van der Waals surface area contributed by atoms with Gasteiger partial charge in [-0.05, 0) is 71.3 Å². The summed E-state index contributed by atoms with van der Waals surface area (Å²) in [6, 6.07) is 9.95. The number of hydrogen-bond acceptors (Lipinski definition) is 6. The molecule has 3 aliphatic rings. The molecular formula is C27H30BrN3O5. The van der Waals surface area contributed by atoms with Crippen LogP contribution in [-0.2, 0) is 21.7 Å². The summed E-state index contributed by atoms with van der Waals surface area (Å²) in [7, 11) is 1.37. The average Bonchev–Trinajstić information content (AvgIpc) is 3.24. The minimum atomic E-state index is -1.63. The molecule has 0 aliphatic carbocycles. The van der Waals surface area contributed by atoms with Gasteiger partial charge < -0.3 is 19.5 Å². The van der Waals surface area contributed by atoms with Crippen LogP contribution in [0.25, 0.3) is 10.9 Å². The summed E-state index contributed by atoms with van der Waals surface area (Å²) < 4.78 is 7.69. The molecule has 5 heterocycles. The first-order valence-corrected chi connectivity index (χ1v) is 13.1. The van der Waals surface area contributed by atoms with Crippen molar-refractivity contribution in [1.29, 1.82) is 0 Å². The first-order valence-electron chi connectivity index (χ1n) is 12.3. The number of rotatable bonds is 3. The topological polar surface area (TPSA) is 105 Å². The van der Waals surface area contributed by atoms with Crippen LogP contribution in [-0.4, -0.2) is 56.8 Å². The molecule has 1 saturated heterocycles. The summed E-state index contributed by atoms with van der Waals surface area (Å²) in [6.45, 7) is 4.36. The number of para-hydroxylation sites is 1. The molecule has 3 aromatic rings. The van der Waals surface area contributed by atoms with E-state index < -0.39 is 17.7 Å². The van der Waals surface area contributed by atoms with Gasteiger partial charge in [0.1, 0.15) is 0 Å². The Morgan fingerprint density at radius 3 is 2.69 bits per heavy atom. The van der Waals surface area contributed by atoms with Crippen LogP contribution < -0.4 is 0 Å². The lowest BCUT2D eigenvalue weighted by Crippen LogP contribution is -2.60. The largest absolute Gasteiger partial charge is 0.478 e. The van der Waals surface area contributed by atoms with Gasteiger partial charge in [0, 0.05) is 40.9 Å². The van der Waals surface area contributed by atoms with E-state index in [4.69, 9.17) is 9.84 Å². The lowest BCUT2D eigenvalue weighted by Gasteiger charge is -2.57. The minimum Gasteiger partial charge on any atom is -0.478 e. The second-order valence-corrected chi connectivity index (χ2v) is 10.8. The highest BCUT2D eigenvalue weighted by Crippen LogP contribution is 2.60. The van der Waals surface area contributed by atoms with Gasteiger partial charge in [-0.25, -0.2) is 9.59 Å². The normalized spacial score (nSPS) is 26.5. The van der Waals surface area contributed by atoms with Crippen molar-refractivity contribution in [3.05, 3.63) is 64.0 Å². The zero-order valence-corrected chi connectivity index (χ0v) is 22.0. The first-order chi connectivity index (χ1) is 17.3. The van der Waals surface area contributed by atoms with Crippen molar-refractivity contribution in [3.63, 3.8) is 0 Å². The average molecular weight is 556 g/mol. The fourth-order valence-electron chi connectivity index (χ4n) is 6.63. The van der Waals surface area contributed by atoms with Crippen molar-refractivity contribution in [3.8, 4) is 0 Å². The Hall–Kier alpha value is -2.75. The summed E-state index contributed by atoms with van der Waals surface area (Å²) >= 11 is 3.10. The number of esters is 1. The molecule has 190 valence electrons. The van der Waals surface area contributed by atoms with Crippen molar-refractivity contribution < 1.29 is 24.5 Å². The number of methoxy groups -OCH3 is 1. The third kappa shape index (κ3) is 3.76. The van der Waals surface area contributed by atoms with Gasteiger partial charge in [-0.1, -0.05) is 25.1 Å². The fourth-order valence-corrected chi connectivity index (χ4v) is 6.99. The fraction of sp³-hybridized carbons (Fsp3) is 0.444. The van der Waals surface area contributed by atoms with Gasteiger partial charge in [-0.3, -0.25) is 9.88 Å². The van der Waals surface area contributed by atoms with Crippen molar-refractivity contribution in [2.45, 2.75) is 50.8 Å². The molecule has 0 radical (unpaired) electrons. The molecule has 0 saturated carbocycles. The molecular weight excluding hydrogens is 526 g/mol. The number of carbonyl (C=O) groups excluding carboxylic acids is 1. The summed E-state index contributed by atoms with van der Waals surface area (Å²) in [6.07, 6.45) is 7.35. The maximum absolute atomic E-state index is 12.8. The number of aromatic carboxylic acids is 1. The van der Waals surface area contributed by atoms with Crippen LogP contribution in [0, 0.1) is 5.41 Å². The van der Waals surface area contributed by atoms with E-state index in [-0.39, 0.29) is 17.0 Å². The molecule has 0 spiro atoms. The summed E-state index contributed by atoms with van der Waals surface area (Å²) in [5, 5.41) is 21.3. The number of ether oxygens (including phenoxy) is 1. The molecule has 3 atom stereocenters. The van der Waals surface area contributed by atoms with Gasteiger partial charge in [0.05, 0.1) is 24.2 Å². The number of benzene rings is 1. The van der Waals surface area contributed by atoms with Crippen LogP contribution in [0.4, 0.5) is 0 Å². The lowest BCUT2D eigenvalue weighted by atomic mass is 9.62. The van der Waals surface area contributed by atoms with Gasteiger partial charge in [-0.15, -0.1) is 0 Å². The van der Waals surface area contributed by atoms with Crippen molar-refractivity contribution in [2.75, 3.05) is 20.2 Å². The molecule has 2 aromatic heterocycles. The Morgan fingerprint density at radius 2 is 2.03 bits per heavy atom. The van der Waals surface area contributed by atoms with Gasteiger partial charge in [0.2, 0.25) is 5.72 Å². The highest BCUT2D eigenvalue weighted by atomic mass is 79.9. The highest BCUT2D eigenvalue weighted by Gasteiger charge is 2.60. The van der Waals surface area contributed by atoms with Crippen LogP contribution in [0.2, 0.25) is 0 Å². The number of fused-ring (bicyclic) bond motifs is 3. The van der Waals surface area contributed by atoms with E-state index in [0.717, 1.165) is 50.0 Å². The third-order valence-corrected chi connectivity index (χ3v) is 8.56. The molecule has 8 nitrogen and oxygen atoms in total. The zero-order valence-electron chi connectivity index (χ0n) is 20.4. The Kier molecular flexibility index (Phi) is 6.43. The van der Waals surface area contributed by atoms with E-state index in [1.54, 1.807) is 0 Å². The van der Waals surface area contributed by atoms with Gasteiger partial charge in [0.15, 0.2) is 0 Å². The molecule has 1 fully saturated rings. The number of carbonyl (C=O) groups is 2. The highest BCUT2D eigenvalue weighted by molar-refractivity contribution is 9.10. The Labute approximate surface area is 218 Å². The number of halogens is 1. The SMILES string of the molecule is CC[C@]12CCCN3CCc4c(n(c5ccccc45)[C@@](O)(C(=O)OC)C1)[C@@H]32.O=C(O)c1cncc(Br)c1. The van der Waals surface area contributed by atoms with E-state index in [1.165, 1.54) is 36.5 Å². The molecule has 36 heavy (non-hydrogen) atoms. The number of carboxylic acids is 1. The number of hydrogen-bond donors (Lipinski definition) is 2. The van der Waals surface area contributed by atoms with E-state index in [1.807, 2.05) is 22.8 Å². The van der Waals surface area contributed by atoms with Gasteiger partial charge in [-0.2, -0.15) is 0 Å². The number of nitrogens with zero attached hydrogens (tertiary/aromatic N) is 3. The molecule has 0 amide bonds. The zero-order chi connectivity index (χ0) is 25.7. The monoisotopic (exact) mass is 555 g/mol. The predicted octanol–water partition coefficient (Wildman–Crippen LogP) is 4.49. The van der Waals surface area contributed by atoms with Crippen molar-refractivity contribution >= 4 is 38.8 Å². The summed E-state index contributed by atoms with van der Waals surface area (Å²) in [5.41, 5.74) is 1.88. The smallest absolute Gasteiger partial charge is 0.359 e. The number of aromatic nitrogens is 2. The molecule has 1 aromatic carbocycles. The number of carboxylic acid groups (broad SMARTS) is 1. The molecule has 6 rings (SSSR count). The number of pyridine rings is 1.